The summed E-state index contributed by atoms with van der Waals surface area (Å²) >= 11 is 0. The number of carbonyl (C=O) groups is 1. The standard InChI is InChI=1S/C17H32O5Si/c1-4-17(18)19-13-10-8-6-7-9-11-15-23(20-5-2)21-14-12-16(3)22-23/h4,16H,1,5-15H2,2-3H3. The van der Waals surface area contributed by atoms with E-state index in [1.165, 1.54) is 12.5 Å². The monoisotopic (exact) mass is 344 g/mol. The molecular weight excluding hydrogens is 312 g/mol. The van der Waals surface area contributed by atoms with E-state index in [-0.39, 0.29) is 12.1 Å². The smallest absolute Gasteiger partial charge is 0.463 e. The Morgan fingerprint density at radius 3 is 2.61 bits per heavy atom. The third-order valence-corrected chi connectivity index (χ3v) is 6.98. The fourth-order valence-electron chi connectivity index (χ4n) is 2.66. The van der Waals surface area contributed by atoms with Gasteiger partial charge < -0.3 is 18.0 Å². The molecule has 1 aliphatic rings. The molecule has 1 fully saturated rings. The van der Waals surface area contributed by atoms with Crippen LogP contribution in [0.15, 0.2) is 12.7 Å². The largest absolute Gasteiger partial charge is 0.501 e. The van der Waals surface area contributed by atoms with Gasteiger partial charge in [0.05, 0.1) is 6.61 Å². The van der Waals surface area contributed by atoms with Crippen LogP contribution in [0.3, 0.4) is 0 Å². The normalized spacial score (nSPS) is 24.3. The molecule has 0 aliphatic carbocycles. The van der Waals surface area contributed by atoms with Crippen molar-refractivity contribution in [3.05, 3.63) is 12.7 Å². The first-order chi connectivity index (χ1) is 11.1. The number of ether oxygens (including phenoxy) is 1. The maximum atomic E-state index is 10.9. The molecule has 0 radical (unpaired) electrons. The lowest BCUT2D eigenvalue weighted by atomic mass is 10.1. The van der Waals surface area contributed by atoms with Crippen molar-refractivity contribution in [3.63, 3.8) is 0 Å². The summed E-state index contributed by atoms with van der Waals surface area (Å²) in [6, 6.07) is 0.919. The number of unbranched alkanes of at least 4 members (excludes halogenated alkanes) is 5. The Labute approximate surface area is 141 Å². The van der Waals surface area contributed by atoms with Gasteiger partial charge in [0.1, 0.15) is 0 Å². The summed E-state index contributed by atoms with van der Waals surface area (Å²) in [5.74, 6) is -0.335. The molecule has 0 amide bonds. The van der Waals surface area contributed by atoms with Crippen LogP contribution in [0.4, 0.5) is 0 Å². The third kappa shape index (κ3) is 8.65. The predicted octanol–water partition coefficient (Wildman–Crippen LogP) is 3.86. The summed E-state index contributed by atoms with van der Waals surface area (Å²) < 4.78 is 22.8. The summed E-state index contributed by atoms with van der Waals surface area (Å²) in [5.41, 5.74) is 0. The molecule has 1 heterocycles. The highest BCUT2D eigenvalue weighted by atomic mass is 28.4. The van der Waals surface area contributed by atoms with E-state index in [2.05, 4.69) is 13.5 Å². The zero-order chi connectivity index (χ0) is 17.0. The van der Waals surface area contributed by atoms with Gasteiger partial charge in [-0.05, 0) is 33.1 Å². The van der Waals surface area contributed by atoms with E-state index in [1.54, 1.807) is 0 Å². The summed E-state index contributed by atoms with van der Waals surface area (Å²) in [4.78, 5) is 10.9. The van der Waals surface area contributed by atoms with Crippen LogP contribution in [0.5, 0.6) is 0 Å². The zero-order valence-electron chi connectivity index (χ0n) is 14.7. The first-order valence-corrected chi connectivity index (χ1v) is 10.8. The van der Waals surface area contributed by atoms with E-state index in [4.69, 9.17) is 18.0 Å². The Kier molecular flexibility index (Phi) is 10.4. The maximum absolute atomic E-state index is 10.9. The third-order valence-electron chi connectivity index (χ3n) is 3.88. The van der Waals surface area contributed by atoms with Gasteiger partial charge in [-0.2, -0.15) is 0 Å². The minimum absolute atomic E-state index is 0.250. The van der Waals surface area contributed by atoms with Crippen molar-refractivity contribution in [2.24, 2.45) is 0 Å². The number of esters is 1. The van der Waals surface area contributed by atoms with Gasteiger partial charge in [0, 0.05) is 31.4 Å². The van der Waals surface area contributed by atoms with Gasteiger partial charge in [0.25, 0.3) is 0 Å². The molecule has 2 atom stereocenters. The molecule has 0 aromatic rings. The Morgan fingerprint density at radius 1 is 1.26 bits per heavy atom. The Bertz CT molecular complexity index is 346. The lowest BCUT2D eigenvalue weighted by molar-refractivity contribution is -0.137. The fraction of sp³-hybridized carbons (Fsp3) is 0.824. The van der Waals surface area contributed by atoms with Gasteiger partial charge in [-0.1, -0.05) is 32.3 Å². The summed E-state index contributed by atoms with van der Waals surface area (Å²) in [5, 5.41) is 0. The molecule has 1 saturated heterocycles. The molecule has 0 aromatic heterocycles. The van der Waals surface area contributed by atoms with Crippen LogP contribution in [0.25, 0.3) is 0 Å². The van der Waals surface area contributed by atoms with Crippen LogP contribution in [0.2, 0.25) is 6.04 Å². The minimum atomic E-state index is -2.41. The Hall–Kier alpha value is -0.693. The number of carbonyl (C=O) groups excluding carboxylic acids is 1. The van der Waals surface area contributed by atoms with E-state index < -0.39 is 8.80 Å². The van der Waals surface area contributed by atoms with E-state index in [0.717, 1.165) is 51.2 Å². The molecule has 5 nitrogen and oxygen atoms in total. The van der Waals surface area contributed by atoms with E-state index in [0.29, 0.717) is 13.2 Å². The van der Waals surface area contributed by atoms with Crippen LogP contribution < -0.4 is 0 Å². The van der Waals surface area contributed by atoms with Crippen LogP contribution in [0, 0.1) is 0 Å². The van der Waals surface area contributed by atoms with Crippen LogP contribution in [0.1, 0.15) is 58.8 Å². The van der Waals surface area contributed by atoms with Gasteiger partial charge in [0.2, 0.25) is 0 Å². The average molecular weight is 345 g/mol. The molecule has 0 N–H and O–H groups in total. The van der Waals surface area contributed by atoms with E-state index in [1.807, 2.05) is 6.92 Å². The Balaban J connectivity index is 2.06. The molecule has 0 spiro atoms. The lowest BCUT2D eigenvalue weighted by Crippen LogP contribution is -2.51. The molecule has 6 heteroatoms. The molecule has 0 bridgehead atoms. The number of rotatable bonds is 12. The van der Waals surface area contributed by atoms with Gasteiger partial charge in [-0.15, -0.1) is 0 Å². The average Bonchev–Trinajstić information content (AvgIpc) is 2.53. The second-order valence-corrected chi connectivity index (χ2v) is 8.60. The molecule has 2 unspecified atom stereocenters. The van der Waals surface area contributed by atoms with Crippen molar-refractivity contribution >= 4 is 14.8 Å². The predicted molar refractivity (Wildman–Crippen MR) is 92.2 cm³/mol. The van der Waals surface area contributed by atoms with Crippen molar-refractivity contribution in [3.8, 4) is 0 Å². The Morgan fingerprint density at radius 2 is 1.96 bits per heavy atom. The van der Waals surface area contributed by atoms with Crippen molar-refractivity contribution in [1.29, 1.82) is 0 Å². The fourth-order valence-corrected chi connectivity index (χ4v) is 5.57. The van der Waals surface area contributed by atoms with Crippen LogP contribution >= 0.6 is 0 Å². The summed E-state index contributed by atoms with van der Waals surface area (Å²) in [7, 11) is -2.41. The highest BCUT2D eigenvalue weighted by Crippen LogP contribution is 2.26. The van der Waals surface area contributed by atoms with Gasteiger partial charge in [0.15, 0.2) is 0 Å². The first kappa shape index (κ1) is 20.4. The van der Waals surface area contributed by atoms with E-state index >= 15 is 0 Å². The van der Waals surface area contributed by atoms with E-state index in [9.17, 15) is 4.79 Å². The first-order valence-electron chi connectivity index (χ1n) is 8.87. The van der Waals surface area contributed by atoms with Crippen molar-refractivity contribution in [1.82, 2.24) is 0 Å². The minimum Gasteiger partial charge on any atom is -0.463 e. The summed E-state index contributed by atoms with van der Waals surface area (Å²) in [6.45, 7) is 9.38. The molecule has 134 valence electrons. The van der Waals surface area contributed by atoms with Crippen molar-refractivity contribution in [2.75, 3.05) is 19.8 Å². The highest BCUT2D eigenvalue weighted by Gasteiger charge is 2.44. The summed E-state index contributed by atoms with van der Waals surface area (Å²) in [6.07, 6.45) is 9.00. The SMILES string of the molecule is C=CC(=O)OCCCCCCCC[Si]1(OCC)OCCC(C)O1. The van der Waals surface area contributed by atoms with Crippen LogP contribution in [-0.2, 0) is 22.8 Å². The van der Waals surface area contributed by atoms with Gasteiger partial charge >= 0.3 is 14.8 Å². The van der Waals surface area contributed by atoms with Crippen LogP contribution in [-0.4, -0.2) is 40.7 Å². The van der Waals surface area contributed by atoms with Gasteiger partial charge in [-0.25, -0.2) is 4.79 Å². The topological polar surface area (TPSA) is 54.0 Å². The number of hydrogen-bond acceptors (Lipinski definition) is 5. The second-order valence-electron chi connectivity index (χ2n) is 5.92. The molecule has 23 heavy (non-hydrogen) atoms. The molecule has 0 saturated carbocycles. The molecule has 1 aliphatic heterocycles. The quantitative estimate of drug-likeness (QED) is 0.233. The van der Waals surface area contributed by atoms with Crippen molar-refractivity contribution < 1.29 is 22.8 Å². The molecule has 1 rings (SSSR count). The lowest BCUT2D eigenvalue weighted by Gasteiger charge is -2.36. The number of hydrogen-bond donors (Lipinski definition) is 0. The van der Waals surface area contributed by atoms with Gasteiger partial charge in [-0.3, -0.25) is 0 Å². The molecular formula is C17H32O5Si. The zero-order valence-corrected chi connectivity index (χ0v) is 15.7. The highest BCUT2D eigenvalue weighted by molar-refractivity contribution is 6.60. The maximum Gasteiger partial charge on any atom is 0.501 e. The van der Waals surface area contributed by atoms with Crippen molar-refractivity contribution in [2.45, 2.75) is 70.9 Å². The second kappa shape index (κ2) is 11.8. The molecule has 0 aromatic carbocycles.